The van der Waals surface area contributed by atoms with Gasteiger partial charge in [-0.3, -0.25) is 0 Å². The van der Waals surface area contributed by atoms with Crippen LogP contribution in [0.3, 0.4) is 0 Å². The number of benzene rings is 1. The summed E-state index contributed by atoms with van der Waals surface area (Å²) in [6.45, 7) is 3.14. The van der Waals surface area contributed by atoms with Gasteiger partial charge in [-0.2, -0.15) is 4.31 Å². The van der Waals surface area contributed by atoms with Gasteiger partial charge in [0, 0.05) is 31.2 Å². The Morgan fingerprint density at radius 2 is 1.90 bits per heavy atom. The van der Waals surface area contributed by atoms with Crippen LogP contribution in [-0.4, -0.2) is 37.2 Å². The zero-order chi connectivity index (χ0) is 16.2. The maximum Gasteiger partial charge on any atom is 0.211 e. The van der Waals surface area contributed by atoms with Gasteiger partial charge in [-0.25, -0.2) is 17.2 Å². The standard InChI is InChI=1S/C14H21F2NO3S/c1-4-5-17(21(3,19)20)8-11-6-14(16)12(7-13(11)15)10(2)9-18/h6-7,10,18H,4-5,8-9H2,1-3H3. The van der Waals surface area contributed by atoms with Gasteiger partial charge in [-0.15, -0.1) is 0 Å². The monoisotopic (exact) mass is 321 g/mol. The molecule has 21 heavy (non-hydrogen) atoms. The molecule has 120 valence electrons. The lowest BCUT2D eigenvalue weighted by atomic mass is 9.99. The summed E-state index contributed by atoms with van der Waals surface area (Å²) >= 11 is 0. The second kappa shape index (κ2) is 7.29. The summed E-state index contributed by atoms with van der Waals surface area (Å²) in [6.07, 6.45) is 1.62. The summed E-state index contributed by atoms with van der Waals surface area (Å²) < 4.78 is 52.4. The number of halogens is 2. The minimum atomic E-state index is -3.48. The van der Waals surface area contributed by atoms with Crippen LogP contribution in [-0.2, 0) is 16.6 Å². The average Bonchev–Trinajstić information content (AvgIpc) is 2.39. The van der Waals surface area contributed by atoms with E-state index in [-0.39, 0.29) is 30.8 Å². The van der Waals surface area contributed by atoms with Crippen molar-refractivity contribution in [2.45, 2.75) is 32.7 Å². The highest BCUT2D eigenvalue weighted by atomic mass is 32.2. The molecule has 0 saturated carbocycles. The summed E-state index contributed by atoms with van der Waals surface area (Å²) in [5.74, 6) is -1.83. The molecule has 1 aromatic rings. The topological polar surface area (TPSA) is 57.6 Å². The number of hydrogen-bond donors (Lipinski definition) is 1. The second-order valence-corrected chi connectivity index (χ2v) is 7.13. The van der Waals surface area contributed by atoms with E-state index >= 15 is 0 Å². The van der Waals surface area contributed by atoms with Crippen molar-refractivity contribution in [3.63, 3.8) is 0 Å². The highest BCUT2D eigenvalue weighted by molar-refractivity contribution is 7.88. The van der Waals surface area contributed by atoms with Crippen molar-refractivity contribution >= 4 is 10.0 Å². The third-order valence-electron chi connectivity index (χ3n) is 3.26. The van der Waals surface area contributed by atoms with Crippen LogP contribution in [0.1, 0.15) is 37.3 Å². The number of rotatable bonds is 7. The third-order valence-corrected chi connectivity index (χ3v) is 4.51. The van der Waals surface area contributed by atoms with Crippen molar-refractivity contribution < 1.29 is 22.3 Å². The van der Waals surface area contributed by atoms with Crippen molar-refractivity contribution in [2.75, 3.05) is 19.4 Å². The van der Waals surface area contributed by atoms with Gasteiger partial charge >= 0.3 is 0 Å². The summed E-state index contributed by atoms with van der Waals surface area (Å²) in [6, 6.07) is 2.03. The van der Waals surface area contributed by atoms with Crippen LogP contribution in [0.5, 0.6) is 0 Å². The summed E-state index contributed by atoms with van der Waals surface area (Å²) in [7, 11) is -3.48. The Morgan fingerprint density at radius 1 is 1.29 bits per heavy atom. The minimum absolute atomic E-state index is 0.0136. The van der Waals surface area contributed by atoms with E-state index in [0.717, 1.165) is 22.7 Å². The van der Waals surface area contributed by atoms with Crippen LogP contribution in [0.15, 0.2) is 12.1 Å². The average molecular weight is 321 g/mol. The minimum Gasteiger partial charge on any atom is -0.396 e. The van der Waals surface area contributed by atoms with Crippen LogP contribution in [0.2, 0.25) is 0 Å². The van der Waals surface area contributed by atoms with Gasteiger partial charge in [0.15, 0.2) is 0 Å². The van der Waals surface area contributed by atoms with Crippen molar-refractivity contribution in [1.82, 2.24) is 4.31 Å². The Morgan fingerprint density at radius 3 is 2.38 bits per heavy atom. The van der Waals surface area contributed by atoms with E-state index in [0.29, 0.717) is 6.42 Å². The molecule has 0 spiro atoms. The molecule has 1 N–H and O–H groups in total. The van der Waals surface area contributed by atoms with E-state index in [1.54, 1.807) is 13.8 Å². The van der Waals surface area contributed by atoms with E-state index in [1.807, 2.05) is 0 Å². The molecule has 0 aromatic heterocycles. The summed E-state index contributed by atoms with van der Waals surface area (Å²) in [5, 5.41) is 9.02. The number of aliphatic hydroxyl groups is 1. The molecule has 0 heterocycles. The van der Waals surface area contributed by atoms with E-state index in [1.165, 1.54) is 0 Å². The molecular formula is C14H21F2NO3S. The molecule has 0 amide bonds. The van der Waals surface area contributed by atoms with Gasteiger partial charge in [0.05, 0.1) is 6.26 Å². The second-order valence-electron chi connectivity index (χ2n) is 5.15. The third kappa shape index (κ3) is 4.72. The van der Waals surface area contributed by atoms with Gasteiger partial charge in [0.2, 0.25) is 10.0 Å². The van der Waals surface area contributed by atoms with E-state index < -0.39 is 27.6 Å². The van der Waals surface area contributed by atoms with E-state index in [2.05, 4.69) is 0 Å². The lowest BCUT2D eigenvalue weighted by molar-refractivity contribution is 0.270. The van der Waals surface area contributed by atoms with E-state index in [9.17, 15) is 17.2 Å². The van der Waals surface area contributed by atoms with Gasteiger partial charge in [-0.1, -0.05) is 13.8 Å². The van der Waals surface area contributed by atoms with Crippen LogP contribution in [0.4, 0.5) is 8.78 Å². The molecule has 1 aromatic carbocycles. The lowest BCUT2D eigenvalue weighted by Gasteiger charge is -2.20. The zero-order valence-electron chi connectivity index (χ0n) is 12.4. The van der Waals surface area contributed by atoms with Crippen LogP contribution < -0.4 is 0 Å². The first-order valence-corrected chi connectivity index (χ1v) is 8.59. The Balaban J connectivity index is 3.12. The van der Waals surface area contributed by atoms with E-state index in [4.69, 9.17) is 5.11 Å². The Hall–Kier alpha value is -1.05. The molecule has 0 radical (unpaired) electrons. The fourth-order valence-corrected chi connectivity index (χ4v) is 2.89. The molecule has 1 atom stereocenters. The Kier molecular flexibility index (Phi) is 6.24. The van der Waals surface area contributed by atoms with Crippen LogP contribution in [0.25, 0.3) is 0 Å². The largest absolute Gasteiger partial charge is 0.396 e. The first kappa shape index (κ1) is 18.0. The lowest BCUT2D eigenvalue weighted by Crippen LogP contribution is -2.30. The van der Waals surface area contributed by atoms with Crippen molar-refractivity contribution in [3.05, 3.63) is 34.9 Å². The van der Waals surface area contributed by atoms with Crippen molar-refractivity contribution in [3.8, 4) is 0 Å². The first-order chi connectivity index (χ1) is 9.70. The number of aliphatic hydroxyl groups excluding tert-OH is 1. The van der Waals surface area contributed by atoms with Gasteiger partial charge < -0.3 is 5.11 Å². The van der Waals surface area contributed by atoms with Gasteiger partial charge in [-0.05, 0) is 24.1 Å². The smallest absolute Gasteiger partial charge is 0.211 e. The molecule has 0 aliphatic rings. The molecular weight excluding hydrogens is 300 g/mol. The van der Waals surface area contributed by atoms with Crippen molar-refractivity contribution in [2.24, 2.45) is 0 Å². The number of sulfonamides is 1. The number of hydrogen-bond acceptors (Lipinski definition) is 3. The fraction of sp³-hybridized carbons (Fsp3) is 0.571. The Bertz CT molecular complexity index is 590. The van der Waals surface area contributed by atoms with Crippen LogP contribution >= 0.6 is 0 Å². The van der Waals surface area contributed by atoms with Crippen LogP contribution in [0, 0.1) is 11.6 Å². The highest BCUT2D eigenvalue weighted by Gasteiger charge is 2.20. The molecule has 1 unspecified atom stereocenters. The normalized spacial score (nSPS) is 13.7. The van der Waals surface area contributed by atoms with Gasteiger partial charge in [0.25, 0.3) is 0 Å². The quantitative estimate of drug-likeness (QED) is 0.838. The Labute approximate surface area is 124 Å². The highest BCUT2D eigenvalue weighted by Crippen LogP contribution is 2.23. The van der Waals surface area contributed by atoms with Crippen molar-refractivity contribution in [1.29, 1.82) is 0 Å². The predicted molar refractivity (Wildman–Crippen MR) is 77.4 cm³/mol. The molecule has 0 aliphatic heterocycles. The molecule has 7 heteroatoms. The molecule has 0 bridgehead atoms. The zero-order valence-corrected chi connectivity index (χ0v) is 13.3. The molecule has 4 nitrogen and oxygen atoms in total. The SMILES string of the molecule is CCCN(Cc1cc(F)c(C(C)CO)cc1F)S(C)(=O)=O. The molecule has 0 fully saturated rings. The maximum absolute atomic E-state index is 14.0. The van der Waals surface area contributed by atoms with Gasteiger partial charge in [0.1, 0.15) is 11.6 Å². The molecule has 0 saturated heterocycles. The molecule has 1 rings (SSSR count). The number of nitrogens with zero attached hydrogens (tertiary/aromatic N) is 1. The molecule has 0 aliphatic carbocycles. The predicted octanol–water partition coefficient (Wildman–Crippen LogP) is 2.23. The first-order valence-electron chi connectivity index (χ1n) is 6.74. The maximum atomic E-state index is 14.0. The fourth-order valence-electron chi connectivity index (χ4n) is 2.00. The summed E-state index contributed by atoms with van der Waals surface area (Å²) in [4.78, 5) is 0. The summed E-state index contributed by atoms with van der Waals surface area (Å²) in [5.41, 5.74) is 0.0698.